The molecule has 1 atom stereocenters. The van der Waals surface area contributed by atoms with Gasteiger partial charge in [0.15, 0.2) is 5.82 Å². The molecule has 1 saturated heterocycles. The quantitative estimate of drug-likeness (QED) is 0.867. The second-order valence-corrected chi connectivity index (χ2v) is 6.11. The van der Waals surface area contributed by atoms with Gasteiger partial charge in [0.1, 0.15) is 0 Å². The Kier molecular flexibility index (Phi) is 4.03. The Morgan fingerprint density at radius 3 is 2.71 bits per heavy atom. The molecule has 21 heavy (non-hydrogen) atoms. The smallest absolute Gasteiger partial charge is 0.264 e. The van der Waals surface area contributed by atoms with E-state index in [0.717, 1.165) is 31.1 Å². The molecule has 1 amide bonds. The van der Waals surface area contributed by atoms with Gasteiger partial charge in [0, 0.05) is 26.2 Å². The van der Waals surface area contributed by atoms with Gasteiger partial charge < -0.3 is 9.42 Å². The number of hydrogen-bond donors (Lipinski definition) is 0. The number of thiophene rings is 1. The van der Waals surface area contributed by atoms with Crippen molar-refractivity contribution >= 4 is 17.2 Å². The molecule has 3 rings (SSSR count). The van der Waals surface area contributed by atoms with Crippen LogP contribution < -0.4 is 0 Å². The predicted molar refractivity (Wildman–Crippen MR) is 79.2 cm³/mol. The minimum absolute atomic E-state index is 0.0881. The van der Waals surface area contributed by atoms with E-state index in [4.69, 9.17) is 4.52 Å². The van der Waals surface area contributed by atoms with Crippen molar-refractivity contribution < 1.29 is 9.32 Å². The maximum Gasteiger partial charge on any atom is 0.264 e. The van der Waals surface area contributed by atoms with Gasteiger partial charge in [-0.05, 0) is 25.3 Å². The maximum absolute atomic E-state index is 12.3. The van der Waals surface area contributed by atoms with Crippen LogP contribution in [-0.4, -0.2) is 52.0 Å². The number of hydrogen-bond acceptors (Lipinski definition) is 6. The van der Waals surface area contributed by atoms with Crippen molar-refractivity contribution in [2.24, 2.45) is 0 Å². The van der Waals surface area contributed by atoms with Crippen LogP contribution in [0.5, 0.6) is 0 Å². The van der Waals surface area contributed by atoms with Crippen LogP contribution in [0.4, 0.5) is 0 Å². The monoisotopic (exact) mass is 306 g/mol. The molecule has 0 spiro atoms. The van der Waals surface area contributed by atoms with Crippen LogP contribution in [0, 0.1) is 6.92 Å². The first-order chi connectivity index (χ1) is 10.1. The Balaban J connectivity index is 1.59. The highest BCUT2D eigenvalue weighted by Gasteiger charge is 2.27. The summed E-state index contributed by atoms with van der Waals surface area (Å²) in [7, 11) is 0. The van der Waals surface area contributed by atoms with Crippen LogP contribution in [-0.2, 0) is 0 Å². The number of rotatable bonds is 3. The van der Waals surface area contributed by atoms with Crippen LogP contribution in [0.2, 0.25) is 0 Å². The zero-order valence-corrected chi connectivity index (χ0v) is 13.0. The third-order valence-corrected chi connectivity index (χ3v) is 4.64. The van der Waals surface area contributed by atoms with Crippen molar-refractivity contribution in [3.8, 4) is 0 Å². The lowest BCUT2D eigenvalue weighted by molar-refractivity contribution is 0.0556. The number of amides is 1. The van der Waals surface area contributed by atoms with Crippen LogP contribution in [0.15, 0.2) is 22.0 Å². The predicted octanol–water partition coefficient (Wildman–Crippen LogP) is 1.96. The molecule has 7 heteroatoms. The maximum atomic E-state index is 12.3. The van der Waals surface area contributed by atoms with Crippen LogP contribution in [0.1, 0.15) is 34.4 Å². The molecule has 2 aromatic rings. The third kappa shape index (κ3) is 2.98. The van der Waals surface area contributed by atoms with Gasteiger partial charge in [0.25, 0.3) is 5.91 Å². The van der Waals surface area contributed by atoms with Crippen molar-refractivity contribution in [2.45, 2.75) is 19.9 Å². The Hall–Kier alpha value is -1.73. The zero-order chi connectivity index (χ0) is 14.8. The van der Waals surface area contributed by atoms with E-state index in [0.29, 0.717) is 11.7 Å². The molecule has 0 bridgehead atoms. The van der Waals surface area contributed by atoms with Crippen molar-refractivity contribution in [3.63, 3.8) is 0 Å². The van der Waals surface area contributed by atoms with Crippen molar-refractivity contribution in [1.82, 2.24) is 19.9 Å². The zero-order valence-electron chi connectivity index (χ0n) is 12.2. The van der Waals surface area contributed by atoms with E-state index in [2.05, 4.69) is 22.0 Å². The molecule has 112 valence electrons. The lowest BCUT2D eigenvalue weighted by Gasteiger charge is -2.36. The van der Waals surface area contributed by atoms with E-state index < -0.39 is 0 Å². The highest BCUT2D eigenvalue weighted by atomic mass is 32.1. The largest absolute Gasteiger partial charge is 0.338 e. The molecule has 3 heterocycles. The molecule has 0 aromatic carbocycles. The fourth-order valence-corrected chi connectivity index (χ4v) is 3.20. The number of aromatic nitrogens is 2. The summed E-state index contributed by atoms with van der Waals surface area (Å²) in [4.78, 5) is 21.6. The molecule has 0 unspecified atom stereocenters. The molecule has 0 aliphatic carbocycles. The average Bonchev–Trinajstić information content (AvgIpc) is 3.17. The van der Waals surface area contributed by atoms with Crippen molar-refractivity contribution in [2.75, 3.05) is 26.2 Å². The van der Waals surface area contributed by atoms with Gasteiger partial charge in [-0.2, -0.15) is 4.98 Å². The fourth-order valence-electron chi connectivity index (χ4n) is 2.51. The first-order valence-electron chi connectivity index (χ1n) is 7.02. The summed E-state index contributed by atoms with van der Waals surface area (Å²) in [5.41, 5.74) is 0. The van der Waals surface area contributed by atoms with Gasteiger partial charge in [0.2, 0.25) is 5.89 Å². The summed E-state index contributed by atoms with van der Waals surface area (Å²) in [6, 6.07) is 3.88. The van der Waals surface area contributed by atoms with Gasteiger partial charge in [-0.1, -0.05) is 11.2 Å². The topological polar surface area (TPSA) is 62.5 Å². The van der Waals surface area contributed by atoms with Gasteiger partial charge in [-0.25, -0.2) is 0 Å². The van der Waals surface area contributed by atoms with Crippen molar-refractivity contribution in [1.29, 1.82) is 0 Å². The summed E-state index contributed by atoms with van der Waals surface area (Å²) in [5.74, 6) is 1.43. The molecule has 0 saturated carbocycles. The minimum atomic E-state index is 0.0881. The molecule has 6 nitrogen and oxygen atoms in total. The van der Waals surface area contributed by atoms with Crippen molar-refractivity contribution in [3.05, 3.63) is 34.1 Å². The second-order valence-electron chi connectivity index (χ2n) is 5.16. The summed E-state index contributed by atoms with van der Waals surface area (Å²) >= 11 is 1.49. The lowest BCUT2D eigenvalue weighted by atomic mass is 10.2. The minimum Gasteiger partial charge on any atom is -0.338 e. The highest BCUT2D eigenvalue weighted by molar-refractivity contribution is 7.12. The number of carbonyl (C=O) groups is 1. The molecular formula is C14H18N4O2S. The van der Waals surface area contributed by atoms with E-state index >= 15 is 0 Å². The lowest BCUT2D eigenvalue weighted by Crippen LogP contribution is -2.49. The molecule has 1 aliphatic rings. The standard InChI is InChI=1S/C14H18N4O2S/c1-10(13-15-11(2)16-20-13)17-5-7-18(8-6-17)14(19)12-4-3-9-21-12/h3-4,9-10H,5-8H2,1-2H3/t10-/m0/s1. The molecule has 0 N–H and O–H groups in total. The first kappa shape index (κ1) is 14.2. The van der Waals surface area contributed by atoms with Gasteiger partial charge in [-0.3, -0.25) is 9.69 Å². The van der Waals surface area contributed by atoms with E-state index in [1.807, 2.05) is 29.3 Å². The Morgan fingerprint density at radius 2 is 2.14 bits per heavy atom. The number of nitrogens with zero attached hydrogens (tertiary/aromatic N) is 4. The molecule has 2 aromatic heterocycles. The summed E-state index contributed by atoms with van der Waals surface area (Å²) < 4.78 is 5.23. The molecular weight excluding hydrogens is 288 g/mol. The molecule has 1 aliphatic heterocycles. The third-order valence-electron chi connectivity index (χ3n) is 3.78. The Bertz CT molecular complexity index is 602. The van der Waals surface area contributed by atoms with Gasteiger partial charge in [0.05, 0.1) is 10.9 Å². The number of aryl methyl sites for hydroxylation is 1. The van der Waals surface area contributed by atoms with E-state index in [-0.39, 0.29) is 11.9 Å². The van der Waals surface area contributed by atoms with Crippen LogP contribution >= 0.6 is 11.3 Å². The second kappa shape index (κ2) is 5.95. The number of piperazine rings is 1. The highest BCUT2D eigenvalue weighted by Crippen LogP contribution is 2.21. The SMILES string of the molecule is Cc1noc([C@H](C)N2CCN(C(=O)c3cccs3)CC2)n1. The van der Waals surface area contributed by atoms with E-state index in [1.54, 1.807) is 0 Å². The summed E-state index contributed by atoms with van der Waals surface area (Å²) in [5, 5.41) is 5.77. The summed E-state index contributed by atoms with van der Waals surface area (Å²) in [6.07, 6.45) is 0. The Morgan fingerprint density at radius 1 is 1.38 bits per heavy atom. The fraction of sp³-hybridized carbons (Fsp3) is 0.500. The Labute approximate surface area is 127 Å². The molecule has 1 fully saturated rings. The number of carbonyl (C=O) groups excluding carboxylic acids is 1. The van der Waals surface area contributed by atoms with E-state index in [9.17, 15) is 4.79 Å². The first-order valence-corrected chi connectivity index (χ1v) is 7.90. The van der Waals surface area contributed by atoms with Gasteiger partial charge in [-0.15, -0.1) is 11.3 Å². The molecule has 0 radical (unpaired) electrons. The van der Waals surface area contributed by atoms with Crippen LogP contribution in [0.25, 0.3) is 0 Å². The van der Waals surface area contributed by atoms with Crippen LogP contribution in [0.3, 0.4) is 0 Å². The normalized spacial score (nSPS) is 17.9. The van der Waals surface area contributed by atoms with Gasteiger partial charge >= 0.3 is 0 Å². The summed E-state index contributed by atoms with van der Waals surface area (Å²) in [6.45, 7) is 6.98. The van der Waals surface area contributed by atoms with E-state index in [1.165, 1.54) is 11.3 Å². The average molecular weight is 306 g/mol.